The van der Waals surface area contributed by atoms with E-state index in [2.05, 4.69) is 10.0 Å². The van der Waals surface area contributed by atoms with E-state index < -0.39 is 14.9 Å². The minimum absolute atomic E-state index is 0.138. The van der Waals surface area contributed by atoms with Crippen LogP contribution in [-0.2, 0) is 10.0 Å². The molecule has 0 fully saturated rings. The average Bonchev–Trinajstić information content (AvgIpc) is 2.67. The van der Waals surface area contributed by atoms with Crippen molar-refractivity contribution in [2.45, 2.75) is 18.2 Å². The summed E-state index contributed by atoms with van der Waals surface area (Å²) < 4.78 is 32.8. The average molecular weight is 437 g/mol. The van der Waals surface area contributed by atoms with E-state index in [1.54, 1.807) is 0 Å². The minimum atomic E-state index is -3.82. The molecule has 2 aromatic rings. The number of benzene rings is 2. The maximum Gasteiger partial charge on any atom is 0.293 e. The van der Waals surface area contributed by atoms with Crippen molar-refractivity contribution in [3.63, 3.8) is 0 Å². The molecule has 2 N–H and O–H groups in total. The first-order valence-corrected chi connectivity index (χ1v) is 11.0. The third-order valence-corrected chi connectivity index (χ3v) is 5.68. The number of nitrogens with one attached hydrogen (secondary N) is 2. The van der Waals surface area contributed by atoms with Gasteiger partial charge in [0.1, 0.15) is 11.4 Å². The van der Waals surface area contributed by atoms with E-state index in [-0.39, 0.29) is 22.8 Å². The molecule has 0 aliphatic carbocycles. The monoisotopic (exact) mass is 436 g/mol. The number of sulfonamides is 1. The Balaban J connectivity index is 1.95. The molecule has 9 nitrogen and oxygen atoms in total. The predicted octanol–water partition coefficient (Wildman–Crippen LogP) is 2.62. The number of aryl methyl sites for hydroxylation is 1. The van der Waals surface area contributed by atoms with E-state index in [9.17, 15) is 18.5 Å². The Morgan fingerprint density at radius 1 is 1.13 bits per heavy atom. The van der Waals surface area contributed by atoms with Crippen molar-refractivity contribution in [2.24, 2.45) is 0 Å². The molecule has 0 heterocycles. The number of rotatable bonds is 12. The molecule has 0 amide bonds. The number of nitrogens with zero attached hydrogens (tertiary/aromatic N) is 2. The minimum Gasteiger partial charge on any atom is -0.494 e. The largest absolute Gasteiger partial charge is 0.494 e. The first-order valence-electron chi connectivity index (χ1n) is 9.55. The summed E-state index contributed by atoms with van der Waals surface area (Å²) in [6.45, 7) is 3.61. The van der Waals surface area contributed by atoms with E-state index in [1.165, 1.54) is 12.1 Å². The number of nitro benzene ring substituents is 1. The molecule has 0 aliphatic heterocycles. The van der Waals surface area contributed by atoms with Gasteiger partial charge in [0.05, 0.1) is 16.4 Å². The fourth-order valence-electron chi connectivity index (χ4n) is 2.66. The third-order valence-electron chi connectivity index (χ3n) is 4.22. The molecule has 0 saturated heterocycles. The summed E-state index contributed by atoms with van der Waals surface area (Å²) in [7, 11) is -0.171. The highest BCUT2D eigenvalue weighted by Crippen LogP contribution is 2.27. The van der Waals surface area contributed by atoms with Gasteiger partial charge in [-0.05, 0) is 57.3 Å². The fraction of sp³-hybridized carbons (Fsp3) is 0.400. The molecule has 164 valence electrons. The topological polar surface area (TPSA) is 114 Å². The van der Waals surface area contributed by atoms with Gasteiger partial charge in [-0.25, -0.2) is 13.1 Å². The van der Waals surface area contributed by atoms with Crippen molar-refractivity contribution in [1.29, 1.82) is 0 Å². The summed E-state index contributed by atoms with van der Waals surface area (Å²) in [4.78, 5) is 12.5. The van der Waals surface area contributed by atoms with Gasteiger partial charge in [-0.1, -0.05) is 12.1 Å². The molecule has 10 heteroatoms. The highest BCUT2D eigenvalue weighted by atomic mass is 32.2. The van der Waals surface area contributed by atoms with Crippen LogP contribution in [0.15, 0.2) is 47.4 Å². The highest BCUT2D eigenvalue weighted by molar-refractivity contribution is 7.89. The van der Waals surface area contributed by atoms with Gasteiger partial charge >= 0.3 is 0 Å². The Kier molecular flexibility index (Phi) is 8.58. The second-order valence-corrected chi connectivity index (χ2v) is 8.85. The van der Waals surface area contributed by atoms with Crippen molar-refractivity contribution >= 4 is 21.4 Å². The zero-order valence-corrected chi connectivity index (χ0v) is 18.2. The zero-order chi connectivity index (χ0) is 22.1. The van der Waals surface area contributed by atoms with Crippen molar-refractivity contribution in [2.75, 3.05) is 45.7 Å². The van der Waals surface area contributed by atoms with Crippen LogP contribution in [0.3, 0.4) is 0 Å². The quantitative estimate of drug-likeness (QED) is 0.299. The van der Waals surface area contributed by atoms with Crippen LogP contribution in [0.5, 0.6) is 5.75 Å². The van der Waals surface area contributed by atoms with Crippen molar-refractivity contribution < 1.29 is 18.1 Å². The summed E-state index contributed by atoms with van der Waals surface area (Å²) >= 11 is 0. The van der Waals surface area contributed by atoms with Gasteiger partial charge < -0.3 is 15.0 Å². The summed E-state index contributed by atoms with van der Waals surface area (Å²) in [5.74, 6) is 0.775. The molecular formula is C20H28N4O5S. The van der Waals surface area contributed by atoms with Crippen LogP contribution in [0, 0.1) is 17.0 Å². The Morgan fingerprint density at radius 3 is 2.57 bits per heavy atom. The van der Waals surface area contributed by atoms with E-state index in [0.29, 0.717) is 26.1 Å². The number of likely N-dealkylation sites (N-methyl/N-ethyl adjacent to an activating group) is 1. The van der Waals surface area contributed by atoms with E-state index in [0.717, 1.165) is 17.4 Å². The van der Waals surface area contributed by atoms with Gasteiger partial charge in [0.15, 0.2) is 0 Å². The van der Waals surface area contributed by atoms with E-state index in [4.69, 9.17) is 4.74 Å². The predicted molar refractivity (Wildman–Crippen MR) is 117 cm³/mol. The molecule has 2 aromatic carbocycles. The second kappa shape index (κ2) is 10.9. The van der Waals surface area contributed by atoms with Crippen LogP contribution >= 0.6 is 0 Å². The summed E-state index contributed by atoms with van der Waals surface area (Å²) in [6, 6.07) is 11.5. The van der Waals surface area contributed by atoms with Crippen LogP contribution in [0.4, 0.5) is 11.4 Å². The van der Waals surface area contributed by atoms with E-state index in [1.807, 2.05) is 50.2 Å². The molecule has 0 atom stereocenters. The Hall–Kier alpha value is -2.69. The van der Waals surface area contributed by atoms with Crippen LogP contribution in [0.1, 0.15) is 12.0 Å². The molecule has 0 saturated carbocycles. The highest BCUT2D eigenvalue weighted by Gasteiger charge is 2.21. The smallest absolute Gasteiger partial charge is 0.293 e. The maximum absolute atomic E-state index is 12.4. The number of hydrogen-bond acceptors (Lipinski definition) is 7. The Morgan fingerprint density at radius 2 is 1.90 bits per heavy atom. The number of nitro groups is 1. The van der Waals surface area contributed by atoms with Crippen molar-refractivity contribution in [3.8, 4) is 5.75 Å². The van der Waals surface area contributed by atoms with Gasteiger partial charge in [0.2, 0.25) is 10.0 Å². The standard InChI is InChI=1S/C20H28N4O5S/c1-16-6-4-7-17(14-16)29-13-5-10-21-19-9-8-18(15-20(19)24(25)26)30(27,28)22-11-12-23(2)3/h4,6-9,14-15,21-22H,5,10-13H2,1-3H3. The number of hydrogen-bond donors (Lipinski definition) is 2. The van der Waals surface area contributed by atoms with Gasteiger partial charge in [-0.3, -0.25) is 10.1 Å². The third kappa shape index (κ3) is 7.29. The SMILES string of the molecule is Cc1cccc(OCCCNc2ccc(S(=O)(=O)NCCN(C)C)cc2[N+](=O)[O-])c1. The number of anilines is 1. The van der Waals surface area contributed by atoms with Crippen LogP contribution < -0.4 is 14.8 Å². The van der Waals surface area contributed by atoms with Crippen LogP contribution in [-0.4, -0.2) is 58.6 Å². The Labute approximate surface area is 177 Å². The van der Waals surface area contributed by atoms with E-state index >= 15 is 0 Å². The van der Waals surface area contributed by atoms with Gasteiger partial charge in [0.25, 0.3) is 5.69 Å². The van der Waals surface area contributed by atoms with Gasteiger partial charge in [0, 0.05) is 25.7 Å². The summed E-state index contributed by atoms with van der Waals surface area (Å²) in [6.07, 6.45) is 0.622. The lowest BCUT2D eigenvalue weighted by Gasteiger charge is -2.12. The molecule has 0 aliphatic rings. The van der Waals surface area contributed by atoms with Crippen molar-refractivity contribution in [1.82, 2.24) is 9.62 Å². The molecule has 30 heavy (non-hydrogen) atoms. The normalized spacial score (nSPS) is 11.5. The van der Waals surface area contributed by atoms with Crippen LogP contribution in [0.25, 0.3) is 0 Å². The molecular weight excluding hydrogens is 408 g/mol. The molecule has 0 radical (unpaired) electrons. The Bertz CT molecular complexity index is 963. The van der Waals surface area contributed by atoms with Crippen LogP contribution in [0.2, 0.25) is 0 Å². The molecule has 2 rings (SSSR count). The molecule has 0 unspecified atom stereocenters. The fourth-order valence-corrected chi connectivity index (χ4v) is 3.70. The molecule has 0 bridgehead atoms. The summed E-state index contributed by atoms with van der Waals surface area (Å²) in [5, 5.41) is 14.4. The van der Waals surface area contributed by atoms with Gasteiger partial charge in [-0.15, -0.1) is 0 Å². The molecule has 0 aromatic heterocycles. The van der Waals surface area contributed by atoms with Crippen molar-refractivity contribution in [3.05, 3.63) is 58.1 Å². The first-order chi connectivity index (χ1) is 14.2. The summed E-state index contributed by atoms with van der Waals surface area (Å²) in [5.41, 5.74) is 1.08. The molecule has 0 spiro atoms. The lowest BCUT2D eigenvalue weighted by Crippen LogP contribution is -2.31. The number of ether oxygens (including phenoxy) is 1. The lowest BCUT2D eigenvalue weighted by molar-refractivity contribution is -0.384. The lowest BCUT2D eigenvalue weighted by atomic mass is 10.2. The van der Waals surface area contributed by atoms with Gasteiger partial charge in [-0.2, -0.15) is 0 Å². The first kappa shape index (κ1) is 23.6. The zero-order valence-electron chi connectivity index (χ0n) is 17.4. The maximum atomic E-state index is 12.4. The second-order valence-electron chi connectivity index (χ2n) is 7.08.